The van der Waals surface area contributed by atoms with Crippen LogP contribution in [0.1, 0.15) is 24.2 Å². The van der Waals surface area contributed by atoms with Crippen LogP contribution in [0, 0.1) is 17.2 Å². The van der Waals surface area contributed by atoms with Gasteiger partial charge in [-0.3, -0.25) is 14.5 Å². The predicted molar refractivity (Wildman–Crippen MR) is 113 cm³/mol. The Balaban J connectivity index is 2.04. The monoisotopic (exact) mass is 427 g/mol. The van der Waals surface area contributed by atoms with Crippen LogP contribution in [0.15, 0.2) is 54.6 Å². The number of esters is 1. The zero-order valence-corrected chi connectivity index (χ0v) is 17.4. The fourth-order valence-corrected chi connectivity index (χ4v) is 2.89. The van der Waals surface area contributed by atoms with Gasteiger partial charge in [0.25, 0.3) is 11.8 Å². The summed E-state index contributed by atoms with van der Waals surface area (Å²) in [6.45, 7) is 2.75. The number of benzene rings is 2. The van der Waals surface area contributed by atoms with Crippen molar-refractivity contribution in [1.82, 2.24) is 5.32 Å². The number of nitriles is 1. The molecule has 0 radical (unpaired) electrons. The molecule has 0 bridgehead atoms. The molecule has 0 saturated carbocycles. The number of hydrogen-bond acceptors (Lipinski definition) is 5. The second-order valence-corrected chi connectivity index (χ2v) is 7.16. The molecule has 0 aliphatic heterocycles. The lowest BCUT2D eigenvalue weighted by Gasteiger charge is -2.23. The largest absolute Gasteiger partial charge is 0.454 e. The average molecular weight is 428 g/mol. The Morgan fingerprint density at radius 3 is 2.33 bits per heavy atom. The number of ether oxygens (including phenoxy) is 1. The molecule has 0 aromatic heterocycles. The first-order valence-corrected chi connectivity index (χ1v) is 9.67. The molecule has 0 saturated heterocycles. The Hall–Kier alpha value is -3.37. The zero-order chi connectivity index (χ0) is 22.1. The molecule has 1 atom stereocenters. The van der Waals surface area contributed by atoms with E-state index in [1.807, 2.05) is 6.07 Å². The molecule has 1 N–H and O–H groups in total. The van der Waals surface area contributed by atoms with Crippen molar-refractivity contribution in [2.75, 3.05) is 18.1 Å². The zero-order valence-electron chi connectivity index (χ0n) is 16.7. The van der Waals surface area contributed by atoms with Crippen LogP contribution in [0.5, 0.6) is 0 Å². The van der Waals surface area contributed by atoms with E-state index in [4.69, 9.17) is 21.6 Å². The minimum absolute atomic E-state index is 0.183. The summed E-state index contributed by atoms with van der Waals surface area (Å²) in [7, 11) is 0. The van der Waals surface area contributed by atoms with Gasteiger partial charge < -0.3 is 10.1 Å². The molecule has 0 unspecified atom stereocenters. The highest BCUT2D eigenvalue weighted by Crippen LogP contribution is 2.16. The summed E-state index contributed by atoms with van der Waals surface area (Å²) in [5, 5.41) is 11.9. The standard InChI is InChI=1S/C22H22ClN3O4/c1-15(2)20(25-21(28)17-10-6-7-11-18(17)23)22(29)30-14-19(27)26(13-12-24)16-8-4-3-5-9-16/h3-11,15,20H,13-14H2,1-2H3,(H,25,28)/t20-/m0/s1. The van der Waals surface area contributed by atoms with E-state index in [0.717, 1.165) is 0 Å². The van der Waals surface area contributed by atoms with Crippen molar-refractivity contribution in [3.05, 3.63) is 65.2 Å². The minimum Gasteiger partial charge on any atom is -0.454 e. The van der Waals surface area contributed by atoms with Gasteiger partial charge in [-0.2, -0.15) is 5.26 Å². The normalized spacial score (nSPS) is 11.3. The van der Waals surface area contributed by atoms with Gasteiger partial charge in [0.1, 0.15) is 12.6 Å². The van der Waals surface area contributed by atoms with E-state index < -0.39 is 30.4 Å². The minimum atomic E-state index is -0.970. The number of carbonyl (C=O) groups excluding carboxylic acids is 3. The van der Waals surface area contributed by atoms with Crippen LogP contribution in [0.25, 0.3) is 0 Å². The SMILES string of the molecule is CC(C)[C@H](NC(=O)c1ccccc1Cl)C(=O)OCC(=O)N(CC#N)c1ccccc1. The number of para-hydroxylation sites is 1. The number of anilines is 1. The van der Waals surface area contributed by atoms with Crippen molar-refractivity contribution in [3.63, 3.8) is 0 Å². The Kier molecular flexibility index (Phi) is 8.39. The van der Waals surface area contributed by atoms with Crippen LogP contribution in [0.3, 0.4) is 0 Å². The van der Waals surface area contributed by atoms with E-state index in [-0.39, 0.29) is 23.0 Å². The van der Waals surface area contributed by atoms with Gasteiger partial charge in [0, 0.05) is 5.69 Å². The lowest BCUT2D eigenvalue weighted by atomic mass is 10.0. The Morgan fingerprint density at radius 1 is 1.10 bits per heavy atom. The molecule has 8 heteroatoms. The maximum Gasteiger partial charge on any atom is 0.329 e. The highest BCUT2D eigenvalue weighted by Gasteiger charge is 2.28. The summed E-state index contributed by atoms with van der Waals surface area (Å²) in [5.41, 5.74) is 0.755. The maximum atomic E-state index is 12.6. The Bertz CT molecular complexity index is 941. The van der Waals surface area contributed by atoms with E-state index in [1.165, 1.54) is 4.90 Å². The van der Waals surface area contributed by atoms with Gasteiger partial charge in [0.2, 0.25) is 0 Å². The highest BCUT2D eigenvalue weighted by molar-refractivity contribution is 6.33. The molecular formula is C22H22ClN3O4. The summed E-state index contributed by atoms with van der Waals surface area (Å²) in [4.78, 5) is 38.8. The van der Waals surface area contributed by atoms with Crippen molar-refractivity contribution in [2.45, 2.75) is 19.9 Å². The predicted octanol–water partition coefficient (Wildman–Crippen LogP) is 3.19. The molecule has 0 aliphatic carbocycles. The van der Waals surface area contributed by atoms with Gasteiger partial charge in [-0.1, -0.05) is 55.8 Å². The van der Waals surface area contributed by atoms with Gasteiger partial charge in [-0.05, 0) is 30.2 Å². The van der Waals surface area contributed by atoms with Crippen molar-refractivity contribution in [2.24, 2.45) is 5.92 Å². The fraction of sp³-hybridized carbons (Fsp3) is 0.273. The van der Waals surface area contributed by atoms with Crippen molar-refractivity contribution < 1.29 is 19.1 Å². The molecule has 30 heavy (non-hydrogen) atoms. The molecule has 0 fully saturated rings. The third-order valence-corrected chi connectivity index (χ3v) is 4.59. The summed E-state index contributed by atoms with van der Waals surface area (Å²) in [6, 6.07) is 16.0. The topological polar surface area (TPSA) is 99.5 Å². The number of rotatable bonds is 8. The Labute approximate surface area is 180 Å². The van der Waals surface area contributed by atoms with E-state index in [2.05, 4.69) is 5.32 Å². The van der Waals surface area contributed by atoms with Crippen LogP contribution < -0.4 is 10.2 Å². The third-order valence-electron chi connectivity index (χ3n) is 4.26. The summed E-state index contributed by atoms with van der Waals surface area (Å²) in [6.07, 6.45) is 0. The average Bonchev–Trinajstić information content (AvgIpc) is 2.74. The fourth-order valence-electron chi connectivity index (χ4n) is 2.66. The van der Waals surface area contributed by atoms with Crippen LogP contribution >= 0.6 is 11.6 Å². The van der Waals surface area contributed by atoms with Gasteiger partial charge in [0.05, 0.1) is 16.7 Å². The number of carbonyl (C=O) groups is 3. The van der Waals surface area contributed by atoms with Crippen molar-refractivity contribution in [3.8, 4) is 6.07 Å². The first kappa shape index (κ1) is 22.9. The Morgan fingerprint density at radius 2 is 1.73 bits per heavy atom. The molecule has 2 rings (SSSR count). The quantitative estimate of drug-likeness (QED) is 0.515. The van der Waals surface area contributed by atoms with Gasteiger partial charge in [-0.25, -0.2) is 4.79 Å². The van der Waals surface area contributed by atoms with Crippen LogP contribution in [-0.4, -0.2) is 37.0 Å². The number of hydrogen-bond donors (Lipinski definition) is 1. The number of nitrogens with zero attached hydrogens (tertiary/aromatic N) is 2. The summed E-state index contributed by atoms with van der Waals surface area (Å²) >= 11 is 6.03. The smallest absolute Gasteiger partial charge is 0.329 e. The molecule has 156 valence electrons. The van der Waals surface area contributed by atoms with Crippen LogP contribution in [0.2, 0.25) is 5.02 Å². The molecule has 2 amide bonds. The van der Waals surface area contributed by atoms with E-state index >= 15 is 0 Å². The number of nitrogens with one attached hydrogen (secondary N) is 1. The van der Waals surface area contributed by atoms with Gasteiger partial charge in [-0.15, -0.1) is 0 Å². The summed E-state index contributed by atoms with van der Waals surface area (Å²) < 4.78 is 5.16. The van der Waals surface area contributed by atoms with E-state index in [9.17, 15) is 14.4 Å². The highest BCUT2D eigenvalue weighted by atomic mass is 35.5. The molecular weight excluding hydrogens is 406 g/mol. The first-order valence-electron chi connectivity index (χ1n) is 9.29. The number of amides is 2. The lowest BCUT2D eigenvalue weighted by molar-refractivity contribution is -0.150. The van der Waals surface area contributed by atoms with Crippen LogP contribution in [0.4, 0.5) is 5.69 Å². The van der Waals surface area contributed by atoms with E-state index in [0.29, 0.717) is 5.69 Å². The number of halogens is 1. The summed E-state index contributed by atoms with van der Waals surface area (Å²) in [5.74, 6) is -2.10. The van der Waals surface area contributed by atoms with Crippen LogP contribution in [-0.2, 0) is 14.3 Å². The second-order valence-electron chi connectivity index (χ2n) is 6.76. The third kappa shape index (κ3) is 6.06. The van der Waals surface area contributed by atoms with Crippen molar-refractivity contribution >= 4 is 35.1 Å². The molecule has 7 nitrogen and oxygen atoms in total. The van der Waals surface area contributed by atoms with Gasteiger partial charge in [0.15, 0.2) is 6.61 Å². The first-order chi connectivity index (χ1) is 14.3. The maximum absolute atomic E-state index is 12.6. The van der Waals surface area contributed by atoms with E-state index in [1.54, 1.807) is 68.4 Å². The van der Waals surface area contributed by atoms with Gasteiger partial charge >= 0.3 is 5.97 Å². The van der Waals surface area contributed by atoms with Crippen molar-refractivity contribution in [1.29, 1.82) is 5.26 Å². The molecule has 2 aromatic rings. The molecule has 0 aliphatic rings. The lowest BCUT2D eigenvalue weighted by Crippen LogP contribution is -2.46. The molecule has 0 heterocycles. The molecule has 0 spiro atoms. The molecule has 2 aromatic carbocycles. The second kappa shape index (κ2) is 11.0.